The highest BCUT2D eigenvalue weighted by molar-refractivity contribution is 6.79. The van der Waals surface area contributed by atoms with Gasteiger partial charge in [-0.2, -0.15) is 0 Å². The lowest BCUT2D eigenvalue weighted by atomic mass is 9.83. The van der Waals surface area contributed by atoms with Crippen LogP contribution < -0.4 is 4.74 Å². The molecule has 0 aliphatic rings. The molecule has 36 heavy (non-hydrogen) atoms. The number of methoxy groups -OCH3 is 3. The molecule has 0 amide bonds. The number of benzene rings is 2. The van der Waals surface area contributed by atoms with Gasteiger partial charge in [-0.25, -0.2) is 0 Å². The van der Waals surface area contributed by atoms with Crippen molar-refractivity contribution in [1.82, 2.24) is 4.23 Å². The molecule has 0 N–H and O–H groups in total. The van der Waals surface area contributed by atoms with Gasteiger partial charge in [0.15, 0.2) is 14.2 Å². The number of hydrogen-bond donors (Lipinski definition) is 0. The van der Waals surface area contributed by atoms with Crippen molar-refractivity contribution in [3.05, 3.63) is 65.4 Å². The summed E-state index contributed by atoms with van der Waals surface area (Å²) in [6.07, 6.45) is 2.48. The Morgan fingerprint density at radius 3 is 2.03 bits per heavy atom. The fourth-order valence-corrected chi connectivity index (χ4v) is 6.54. The van der Waals surface area contributed by atoms with E-state index in [2.05, 4.69) is 69.4 Å². The maximum Gasteiger partial charge on any atom is 0.320 e. The summed E-state index contributed by atoms with van der Waals surface area (Å²) in [5, 5.41) is 1.24. The van der Waals surface area contributed by atoms with Crippen LogP contribution in [0.3, 0.4) is 0 Å². The first-order chi connectivity index (χ1) is 16.8. The van der Waals surface area contributed by atoms with Crippen molar-refractivity contribution < 1.29 is 23.8 Å². The molecule has 194 valence electrons. The summed E-state index contributed by atoms with van der Waals surface area (Å²) in [5.41, 5.74) is 4.40. The van der Waals surface area contributed by atoms with E-state index in [4.69, 9.17) is 14.2 Å². The summed E-state index contributed by atoms with van der Waals surface area (Å²) in [7, 11) is 2.24. The minimum atomic E-state index is -1.99. The molecule has 0 bridgehead atoms. The molecule has 3 aromatic rings. The van der Waals surface area contributed by atoms with Crippen molar-refractivity contribution in [1.29, 1.82) is 0 Å². The number of carbonyl (C=O) groups excluding carboxylic acids is 2. The third kappa shape index (κ3) is 5.21. The smallest absolute Gasteiger partial charge is 0.320 e. The molecule has 1 atom stereocenters. The average molecular weight is 510 g/mol. The summed E-state index contributed by atoms with van der Waals surface area (Å²) in [6.45, 7) is 13.7. The molecule has 0 aliphatic heterocycles. The van der Waals surface area contributed by atoms with E-state index >= 15 is 0 Å². The van der Waals surface area contributed by atoms with Gasteiger partial charge in [0.2, 0.25) is 0 Å². The van der Waals surface area contributed by atoms with E-state index in [-0.39, 0.29) is 17.4 Å². The van der Waals surface area contributed by atoms with Gasteiger partial charge in [-0.3, -0.25) is 9.59 Å². The van der Waals surface area contributed by atoms with Crippen LogP contribution in [0, 0.1) is 12.8 Å². The topological polar surface area (TPSA) is 66.8 Å². The Hall–Kier alpha value is -3.06. The number of nitrogens with zero attached hydrogens (tertiary/aromatic N) is 1. The third-order valence-electron chi connectivity index (χ3n) is 7.76. The third-order valence-corrected chi connectivity index (χ3v) is 13.0. The van der Waals surface area contributed by atoms with E-state index in [0.29, 0.717) is 0 Å². The Balaban J connectivity index is 2.30. The van der Waals surface area contributed by atoms with Gasteiger partial charge < -0.3 is 18.4 Å². The van der Waals surface area contributed by atoms with Crippen molar-refractivity contribution in [2.75, 3.05) is 21.3 Å². The molecule has 0 saturated carbocycles. The van der Waals surface area contributed by atoms with Gasteiger partial charge in [0.25, 0.3) is 0 Å². The zero-order valence-electron chi connectivity index (χ0n) is 23.0. The second-order valence-corrected chi connectivity index (χ2v) is 16.0. The molecule has 6 nitrogen and oxygen atoms in total. The number of carbonyl (C=O) groups is 2. The van der Waals surface area contributed by atoms with Crippen LogP contribution in [0.2, 0.25) is 18.1 Å². The summed E-state index contributed by atoms with van der Waals surface area (Å²) >= 11 is 0. The first-order valence-electron chi connectivity index (χ1n) is 12.3. The van der Waals surface area contributed by atoms with Gasteiger partial charge in [0.05, 0.1) is 21.3 Å². The molecule has 2 aromatic carbocycles. The van der Waals surface area contributed by atoms with Crippen LogP contribution in [0.15, 0.2) is 48.7 Å². The van der Waals surface area contributed by atoms with Crippen molar-refractivity contribution in [2.24, 2.45) is 5.92 Å². The second-order valence-electron chi connectivity index (χ2n) is 10.9. The zero-order chi connectivity index (χ0) is 26.8. The van der Waals surface area contributed by atoms with E-state index in [1.165, 1.54) is 19.7 Å². The highest BCUT2D eigenvalue weighted by Gasteiger charge is 2.40. The minimum Gasteiger partial charge on any atom is -0.497 e. The Bertz CT molecular complexity index is 1220. The molecule has 7 heteroatoms. The molecule has 1 heterocycles. The number of aryl methyl sites for hydroxylation is 1. The molecule has 0 unspecified atom stereocenters. The largest absolute Gasteiger partial charge is 0.497 e. The van der Waals surface area contributed by atoms with Crippen LogP contribution in [0.1, 0.15) is 49.8 Å². The van der Waals surface area contributed by atoms with Crippen molar-refractivity contribution in [2.45, 2.75) is 58.2 Å². The number of rotatable bonds is 8. The van der Waals surface area contributed by atoms with Gasteiger partial charge in [-0.05, 0) is 53.8 Å². The predicted octanol–water partition coefficient (Wildman–Crippen LogP) is 6.30. The zero-order valence-corrected chi connectivity index (χ0v) is 24.0. The van der Waals surface area contributed by atoms with E-state index in [1.54, 1.807) is 7.11 Å². The number of ether oxygens (including phenoxy) is 3. The molecule has 0 spiro atoms. The summed E-state index contributed by atoms with van der Waals surface area (Å²) < 4.78 is 17.8. The van der Waals surface area contributed by atoms with Crippen molar-refractivity contribution >= 4 is 31.1 Å². The molecular weight excluding hydrogens is 470 g/mol. The number of esters is 2. The van der Waals surface area contributed by atoms with Gasteiger partial charge in [-0.15, -0.1) is 0 Å². The SMILES string of the molecule is COC(=O)C(C[C@H](c1ccc(OC)cc1)c1cn([Si](C)(C)C(C)(C)C)c2ccc(C)cc12)C(=O)OC. The molecule has 0 radical (unpaired) electrons. The van der Waals surface area contributed by atoms with Gasteiger partial charge >= 0.3 is 11.9 Å². The van der Waals surface area contributed by atoms with Crippen LogP contribution in [-0.4, -0.2) is 45.7 Å². The summed E-state index contributed by atoms with van der Waals surface area (Å²) in [6, 6.07) is 14.4. The first kappa shape index (κ1) is 27.5. The lowest BCUT2D eigenvalue weighted by Gasteiger charge is -2.38. The fraction of sp³-hybridized carbons (Fsp3) is 0.448. The molecule has 0 aliphatic carbocycles. The quantitative estimate of drug-likeness (QED) is 0.203. The van der Waals surface area contributed by atoms with E-state index in [9.17, 15) is 9.59 Å². The van der Waals surface area contributed by atoms with Gasteiger partial charge in [0, 0.05) is 23.0 Å². The number of fused-ring (bicyclic) bond motifs is 1. The van der Waals surface area contributed by atoms with E-state index < -0.39 is 26.1 Å². The predicted molar refractivity (Wildman–Crippen MR) is 146 cm³/mol. The lowest BCUT2D eigenvalue weighted by Crippen LogP contribution is -2.44. The normalized spacial score (nSPS) is 13.1. The van der Waals surface area contributed by atoms with Crippen LogP contribution in [0.25, 0.3) is 10.9 Å². The standard InChI is InChI=1S/C29H39NO5Si/c1-19-10-15-26-23(16-19)25(18-30(26)36(8,9)29(2,3)4)22(20-11-13-21(33-5)14-12-20)17-24(27(31)34-6)28(32)35-7/h10-16,18,22,24H,17H2,1-9H3/t22-/m1/s1. The number of aromatic nitrogens is 1. The molecule has 1 aromatic heterocycles. The highest BCUT2D eigenvalue weighted by atomic mass is 28.3. The Morgan fingerprint density at radius 2 is 1.53 bits per heavy atom. The molecule has 0 fully saturated rings. The summed E-state index contributed by atoms with van der Waals surface area (Å²) in [5.74, 6) is -1.72. The molecule has 3 rings (SSSR count). The van der Waals surface area contributed by atoms with Gasteiger partial charge in [-0.1, -0.05) is 57.6 Å². The Kier molecular flexibility index (Phi) is 8.03. The maximum atomic E-state index is 12.7. The lowest BCUT2D eigenvalue weighted by molar-refractivity contribution is -0.159. The molecular formula is C29H39NO5Si. The Labute approximate surface area is 215 Å². The van der Waals surface area contributed by atoms with Crippen molar-refractivity contribution in [3.63, 3.8) is 0 Å². The van der Waals surface area contributed by atoms with Crippen LogP contribution in [-0.2, 0) is 19.1 Å². The minimum absolute atomic E-state index is 0.108. The fourth-order valence-electron chi connectivity index (χ4n) is 4.56. The number of hydrogen-bond acceptors (Lipinski definition) is 5. The maximum absolute atomic E-state index is 12.7. The summed E-state index contributed by atoms with van der Waals surface area (Å²) in [4.78, 5) is 25.4. The van der Waals surface area contributed by atoms with Crippen LogP contribution in [0.5, 0.6) is 5.75 Å². The molecule has 0 saturated heterocycles. The average Bonchev–Trinajstić information content (AvgIpc) is 3.22. The monoisotopic (exact) mass is 509 g/mol. The highest BCUT2D eigenvalue weighted by Crippen LogP contribution is 2.43. The van der Waals surface area contributed by atoms with E-state index in [0.717, 1.165) is 27.8 Å². The van der Waals surface area contributed by atoms with Crippen LogP contribution in [0.4, 0.5) is 0 Å². The Morgan fingerprint density at radius 1 is 0.944 bits per heavy atom. The second kappa shape index (κ2) is 10.5. The van der Waals surface area contributed by atoms with Gasteiger partial charge in [0.1, 0.15) is 5.75 Å². The van der Waals surface area contributed by atoms with E-state index in [1.807, 2.05) is 24.3 Å². The van der Waals surface area contributed by atoms with Crippen molar-refractivity contribution in [3.8, 4) is 5.75 Å². The first-order valence-corrected chi connectivity index (χ1v) is 15.2. The van der Waals surface area contributed by atoms with Crippen LogP contribution >= 0.6 is 0 Å².